The molecular formula is C14H24N2O2S. The Morgan fingerprint density at radius 1 is 1.58 bits per heavy atom. The highest BCUT2D eigenvalue weighted by atomic mass is 32.1. The van der Waals surface area contributed by atoms with Crippen LogP contribution in [0.25, 0.3) is 0 Å². The van der Waals surface area contributed by atoms with Gasteiger partial charge in [0.1, 0.15) is 5.01 Å². The minimum Gasteiger partial charge on any atom is -0.389 e. The first-order valence-electron chi connectivity index (χ1n) is 6.91. The van der Waals surface area contributed by atoms with Crippen LogP contribution < -0.4 is 0 Å². The number of aryl methyl sites for hydroxylation is 1. The van der Waals surface area contributed by atoms with Crippen LogP contribution in [0, 0.1) is 5.92 Å². The van der Waals surface area contributed by atoms with Crippen molar-refractivity contribution in [2.45, 2.75) is 38.8 Å². The SMILES string of the molecule is COCC(O)CN(C)Cc1nc2c(s1)CC(C)CC2. The van der Waals surface area contributed by atoms with Crippen molar-refractivity contribution in [1.82, 2.24) is 9.88 Å². The molecule has 2 atom stereocenters. The minimum absolute atomic E-state index is 0.385. The molecule has 5 heteroatoms. The Labute approximate surface area is 119 Å². The summed E-state index contributed by atoms with van der Waals surface area (Å²) in [5, 5.41) is 10.9. The normalized spacial score (nSPS) is 20.6. The van der Waals surface area contributed by atoms with Crippen LogP contribution in [-0.2, 0) is 24.1 Å². The summed E-state index contributed by atoms with van der Waals surface area (Å²) in [4.78, 5) is 8.32. The molecule has 4 nitrogen and oxygen atoms in total. The van der Waals surface area contributed by atoms with E-state index >= 15 is 0 Å². The van der Waals surface area contributed by atoms with Crippen LogP contribution in [0.4, 0.5) is 0 Å². The zero-order valence-corrected chi connectivity index (χ0v) is 12.9. The lowest BCUT2D eigenvalue weighted by Gasteiger charge is -2.18. The highest BCUT2D eigenvalue weighted by molar-refractivity contribution is 7.11. The van der Waals surface area contributed by atoms with Gasteiger partial charge in [0.05, 0.1) is 24.9 Å². The summed E-state index contributed by atoms with van der Waals surface area (Å²) < 4.78 is 4.94. The maximum atomic E-state index is 9.71. The van der Waals surface area contributed by atoms with Gasteiger partial charge in [-0.3, -0.25) is 4.90 Å². The minimum atomic E-state index is -0.426. The molecule has 0 saturated carbocycles. The van der Waals surface area contributed by atoms with E-state index in [0.29, 0.717) is 13.2 Å². The Morgan fingerprint density at radius 2 is 2.37 bits per heavy atom. The van der Waals surface area contributed by atoms with E-state index in [4.69, 9.17) is 9.72 Å². The first-order valence-corrected chi connectivity index (χ1v) is 7.73. The highest BCUT2D eigenvalue weighted by Crippen LogP contribution is 2.30. The van der Waals surface area contributed by atoms with Crippen molar-refractivity contribution in [3.63, 3.8) is 0 Å². The van der Waals surface area contributed by atoms with Gasteiger partial charge in [-0.1, -0.05) is 6.92 Å². The maximum absolute atomic E-state index is 9.71. The third-order valence-electron chi connectivity index (χ3n) is 3.52. The molecule has 0 amide bonds. The summed E-state index contributed by atoms with van der Waals surface area (Å²) in [6.45, 7) is 4.13. The van der Waals surface area contributed by atoms with E-state index in [1.54, 1.807) is 7.11 Å². The zero-order chi connectivity index (χ0) is 13.8. The number of aliphatic hydroxyl groups excluding tert-OH is 1. The molecule has 1 heterocycles. The smallest absolute Gasteiger partial charge is 0.107 e. The second-order valence-electron chi connectivity index (χ2n) is 5.63. The van der Waals surface area contributed by atoms with Crippen LogP contribution in [0.1, 0.15) is 28.9 Å². The standard InChI is InChI=1S/C14H24N2O2S/c1-10-4-5-12-13(6-10)19-14(15-12)8-16(2)7-11(17)9-18-3/h10-11,17H,4-9H2,1-3H3. The van der Waals surface area contributed by atoms with Crippen molar-refractivity contribution in [3.05, 3.63) is 15.6 Å². The third-order valence-corrected chi connectivity index (χ3v) is 4.62. The molecule has 0 fully saturated rings. The number of rotatable bonds is 6. The molecule has 1 N–H and O–H groups in total. The number of hydrogen-bond donors (Lipinski definition) is 1. The zero-order valence-electron chi connectivity index (χ0n) is 12.1. The predicted molar refractivity (Wildman–Crippen MR) is 77.5 cm³/mol. The van der Waals surface area contributed by atoms with Crippen molar-refractivity contribution in [2.75, 3.05) is 27.3 Å². The number of thiazole rings is 1. The molecule has 1 aromatic heterocycles. The number of fused-ring (bicyclic) bond motifs is 1. The second-order valence-corrected chi connectivity index (χ2v) is 6.80. The van der Waals surface area contributed by atoms with Gasteiger partial charge in [-0.25, -0.2) is 4.98 Å². The van der Waals surface area contributed by atoms with Crippen molar-refractivity contribution in [3.8, 4) is 0 Å². The molecular weight excluding hydrogens is 260 g/mol. The molecule has 0 saturated heterocycles. The Balaban J connectivity index is 1.89. The summed E-state index contributed by atoms with van der Waals surface area (Å²) in [7, 11) is 3.63. The largest absolute Gasteiger partial charge is 0.389 e. The van der Waals surface area contributed by atoms with Crippen molar-refractivity contribution >= 4 is 11.3 Å². The number of methoxy groups -OCH3 is 1. The Bertz CT molecular complexity index is 408. The monoisotopic (exact) mass is 284 g/mol. The molecule has 1 aromatic rings. The average Bonchev–Trinajstić information content (AvgIpc) is 2.70. The van der Waals surface area contributed by atoms with E-state index in [-0.39, 0.29) is 0 Å². The van der Waals surface area contributed by atoms with Gasteiger partial charge in [-0.15, -0.1) is 11.3 Å². The number of aromatic nitrogens is 1. The molecule has 0 spiro atoms. The van der Waals surface area contributed by atoms with E-state index in [0.717, 1.165) is 18.9 Å². The van der Waals surface area contributed by atoms with Crippen LogP contribution in [0.3, 0.4) is 0 Å². The first-order chi connectivity index (χ1) is 9.08. The van der Waals surface area contributed by atoms with Crippen LogP contribution >= 0.6 is 11.3 Å². The fraction of sp³-hybridized carbons (Fsp3) is 0.786. The number of ether oxygens (including phenoxy) is 1. The highest BCUT2D eigenvalue weighted by Gasteiger charge is 2.20. The van der Waals surface area contributed by atoms with Gasteiger partial charge in [0.2, 0.25) is 0 Å². The lowest BCUT2D eigenvalue weighted by atomic mass is 9.93. The predicted octanol–water partition coefficient (Wildman–Crippen LogP) is 1.71. The Morgan fingerprint density at radius 3 is 3.11 bits per heavy atom. The average molecular weight is 284 g/mol. The summed E-state index contributed by atoms with van der Waals surface area (Å²) in [5.74, 6) is 0.794. The van der Waals surface area contributed by atoms with E-state index < -0.39 is 6.10 Å². The lowest BCUT2D eigenvalue weighted by Crippen LogP contribution is -2.31. The quantitative estimate of drug-likeness (QED) is 0.864. The number of likely N-dealkylation sites (N-methyl/N-ethyl adjacent to an activating group) is 1. The fourth-order valence-corrected chi connectivity index (χ4v) is 3.92. The number of nitrogens with zero attached hydrogens (tertiary/aromatic N) is 2. The summed E-state index contributed by atoms with van der Waals surface area (Å²) in [5.41, 5.74) is 1.31. The van der Waals surface area contributed by atoms with Gasteiger partial charge in [-0.05, 0) is 32.2 Å². The molecule has 0 radical (unpaired) electrons. The van der Waals surface area contributed by atoms with Gasteiger partial charge in [0.15, 0.2) is 0 Å². The molecule has 1 aliphatic carbocycles. The Kier molecular flexibility index (Phi) is 5.33. The molecule has 108 valence electrons. The van der Waals surface area contributed by atoms with Crippen molar-refractivity contribution in [2.24, 2.45) is 5.92 Å². The molecule has 2 rings (SSSR count). The van der Waals surface area contributed by atoms with Gasteiger partial charge in [0, 0.05) is 18.5 Å². The van der Waals surface area contributed by atoms with Gasteiger partial charge in [-0.2, -0.15) is 0 Å². The fourth-order valence-electron chi connectivity index (χ4n) is 2.56. The van der Waals surface area contributed by atoms with Crippen LogP contribution in [0.5, 0.6) is 0 Å². The van der Waals surface area contributed by atoms with E-state index in [1.807, 2.05) is 18.4 Å². The second kappa shape index (κ2) is 6.79. The summed E-state index contributed by atoms with van der Waals surface area (Å²) in [6, 6.07) is 0. The van der Waals surface area contributed by atoms with Crippen LogP contribution in [0.15, 0.2) is 0 Å². The van der Waals surface area contributed by atoms with E-state index in [1.165, 1.54) is 28.4 Å². The first kappa shape index (κ1) is 14.9. The van der Waals surface area contributed by atoms with Crippen LogP contribution in [-0.4, -0.2) is 48.4 Å². The van der Waals surface area contributed by atoms with Crippen molar-refractivity contribution < 1.29 is 9.84 Å². The molecule has 0 aliphatic heterocycles. The van der Waals surface area contributed by atoms with Gasteiger partial charge in [0.25, 0.3) is 0 Å². The van der Waals surface area contributed by atoms with E-state index in [9.17, 15) is 5.11 Å². The van der Waals surface area contributed by atoms with Crippen LogP contribution in [0.2, 0.25) is 0 Å². The number of aliphatic hydroxyl groups is 1. The third kappa shape index (κ3) is 4.24. The lowest BCUT2D eigenvalue weighted by molar-refractivity contribution is 0.0418. The molecule has 0 bridgehead atoms. The summed E-state index contributed by atoms with van der Waals surface area (Å²) >= 11 is 1.84. The Hall–Kier alpha value is -0.490. The number of hydrogen-bond acceptors (Lipinski definition) is 5. The van der Waals surface area contributed by atoms with Crippen molar-refractivity contribution in [1.29, 1.82) is 0 Å². The summed E-state index contributed by atoms with van der Waals surface area (Å²) in [6.07, 6.45) is 3.15. The maximum Gasteiger partial charge on any atom is 0.107 e. The van der Waals surface area contributed by atoms with E-state index in [2.05, 4.69) is 11.8 Å². The van der Waals surface area contributed by atoms with Gasteiger partial charge < -0.3 is 9.84 Å². The molecule has 19 heavy (non-hydrogen) atoms. The molecule has 2 unspecified atom stereocenters. The topological polar surface area (TPSA) is 45.6 Å². The molecule has 1 aliphatic rings. The van der Waals surface area contributed by atoms with Gasteiger partial charge >= 0.3 is 0 Å². The molecule has 0 aromatic carbocycles.